The second-order valence-electron chi connectivity index (χ2n) is 4.03. The van der Waals surface area contributed by atoms with Crippen molar-refractivity contribution >= 4 is 17.3 Å². The average Bonchev–Trinajstić information content (AvgIpc) is 2.56. The summed E-state index contributed by atoms with van der Waals surface area (Å²) in [5.74, 6) is -0.521. The number of rotatable bonds is 2. The molecule has 4 heteroatoms. The third-order valence-corrected chi connectivity index (χ3v) is 2.66. The Labute approximate surface area is 110 Å². The highest BCUT2D eigenvalue weighted by molar-refractivity contribution is 5.98. The lowest BCUT2D eigenvalue weighted by Crippen LogP contribution is -2.22. The summed E-state index contributed by atoms with van der Waals surface area (Å²) in [5, 5.41) is 9.38. The molecule has 0 aliphatic rings. The predicted molar refractivity (Wildman–Crippen MR) is 73.6 cm³/mol. The number of hydrogen-bond donors (Lipinski definition) is 1. The van der Waals surface area contributed by atoms with Crippen molar-refractivity contribution in [3.8, 4) is 5.75 Å². The first-order chi connectivity index (χ1) is 9.09. The van der Waals surface area contributed by atoms with Gasteiger partial charge < -0.3 is 5.11 Å². The summed E-state index contributed by atoms with van der Waals surface area (Å²) < 4.78 is 0. The Morgan fingerprint density at radius 1 is 0.947 bits per heavy atom. The topological polar surface area (TPSA) is 57.6 Å². The molecule has 0 aromatic heterocycles. The minimum Gasteiger partial charge on any atom is -0.504 e. The van der Waals surface area contributed by atoms with Gasteiger partial charge >= 0.3 is 0 Å². The van der Waals surface area contributed by atoms with Crippen molar-refractivity contribution in [3.63, 3.8) is 0 Å². The van der Waals surface area contributed by atoms with E-state index in [9.17, 15) is 14.7 Å². The minimum atomic E-state index is -0.484. The van der Waals surface area contributed by atoms with Gasteiger partial charge in [-0.05, 0) is 36.4 Å². The molecule has 0 atom stereocenters. The van der Waals surface area contributed by atoms with Gasteiger partial charge in [-0.2, -0.15) is 0 Å². The molecular formula is C15H13NO3. The maximum Gasteiger partial charge on any atom is 0.228 e. The fraction of sp³-hybridized carbons (Fsp3) is 0.0667. The van der Waals surface area contributed by atoms with Crippen molar-refractivity contribution in [2.45, 2.75) is 6.92 Å². The number of benzene rings is 1. The highest BCUT2D eigenvalue weighted by atomic mass is 16.3. The first kappa shape index (κ1) is 12.8. The van der Waals surface area contributed by atoms with E-state index in [1.54, 1.807) is 12.1 Å². The zero-order valence-electron chi connectivity index (χ0n) is 10.4. The molecule has 0 saturated carbocycles. The van der Waals surface area contributed by atoms with Gasteiger partial charge in [-0.3, -0.25) is 14.5 Å². The number of amides is 1. The Balaban J connectivity index is 2.56. The number of carbonyl (C=O) groups excluding carboxylic acids is 1. The van der Waals surface area contributed by atoms with E-state index in [2.05, 4.69) is 0 Å². The first-order valence-corrected chi connectivity index (χ1v) is 5.78. The maximum absolute atomic E-state index is 11.8. The van der Waals surface area contributed by atoms with Crippen molar-refractivity contribution < 1.29 is 9.90 Å². The Bertz CT molecular complexity index is 653. The number of anilines is 2. The van der Waals surface area contributed by atoms with Crippen LogP contribution in [0.2, 0.25) is 0 Å². The minimum absolute atomic E-state index is 0.177. The van der Waals surface area contributed by atoms with E-state index >= 15 is 0 Å². The summed E-state index contributed by atoms with van der Waals surface area (Å²) in [6, 6.07) is 14.7. The van der Waals surface area contributed by atoms with E-state index in [1.807, 2.05) is 18.2 Å². The van der Waals surface area contributed by atoms with Crippen molar-refractivity contribution in [1.82, 2.24) is 0 Å². The fourth-order valence-corrected chi connectivity index (χ4v) is 1.79. The number of hydrogen-bond acceptors (Lipinski definition) is 3. The maximum atomic E-state index is 11.8. The van der Waals surface area contributed by atoms with Crippen LogP contribution in [0.4, 0.5) is 11.4 Å². The number of carbonyl (C=O) groups is 1. The van der Waals surface area contributed by atoms with Gasteiger partial charge in [0.05, 0.1) is 0 Å². The SMILES string of the molecule is CC(=O)N(c1ccccc1)c1ccc(O)c(=O)cc1. The molecule has 0 spiro atoms. The molecule has 0 radical (unpaired) electrons. The highest BCUT2D eigenvalue weighted by Gasteiger charge is 2.13. The smallest absolute Gasteiger partial charge is 0.228 e. The van der Waals surface area contributed by atoms with Gasteiger partial charge in [0.25, 0.3) is 0 Å². The summed E-state index contributed by atoms with van der Waals surface area (Å²) in [4.78, 5) is 24.6. The van der Waals surface area contributed by atoms with Crippen molar-refractivity contribution in [2.24, 2.45) is 0 Å². The number of aromatic hydroxyl groups is 1. The molecule has 0 fully saturated rings. The van der Waals surface area contributed by atoms with Gasteiger partial charge in [-0.15, -0.1) is 0 Å². The summed E-state index contributed by atoms with van der Waals surface area (Å²) in [5.41, 5.74) is 0.743. The molecule has 0 unspecified atom stereocenters. The Morgan fingerprint density at radius 2 is 1.53 bits per heavy atom. The number of nitrogens with zero attached hydrogens (tertiary/aromatic N) is 1. The molecule has 1 N–H and O–H groups in total. The summed E-state index contributed by atoms with van der Waals surface area (Å²) in [6.45, 7) is 1.44. The van der Waals surface area contributed by atoms with Crippen LogP contribution in [0.3, 0.4) is 0 Å². The normalized spacial score (nSPS) is 9.95. The van der Waals surface area contributed by atoms with Crippen molar-refractivity contribution in [3.05, 3.63) is 64.8 Å². The van der Waals surface area contributed by atoms with Gasteiger partial charge in [-0.25, -0.2) is 0 Å². The van der Waals surface area contributed by atoms with E-state index in [0.29, 0.717) is 11.4 Å². The third kappa shape index (κ3) is 2.80. The van der Waals surface area contributed by atoms with E-state index in [4.69, 9.17) is 0 Å². The van der Waals surface area contributed by atoms with Crippen LogP contribution in [0, 0.1) is 0 Å². The van der Waals surface area contributed by atoms with Crippen LogP contribution in [-0.2, 0) is 4.79 Å². The average molecular weight is 255 g/mol. The van der Waals surface area contributed by atoms with E-state index in [-0.39, 0.29) is 11.7 Å². The van der Waals surface area contributed by atoms with Crippen molar-refractivity contribution in [2.75, 3.05) is 4.90 Å². The quantitative estimate of drug-likeness (QED) is 0.896. The van der Waals surface area contributed by atoms with Gasteiger partial charge in [0, 0.05) is 18.3 Å². The van der Waals surface area contributed by atoms with Crippen molar-refractivity contribution in [1.29, 1.82) is 0 Å². The Morgan fingerprint density at radius 3 is 2.16 bits per heavy atom. The molecule has 0 aliphatic heterocycles. The summed E-state index contributed by atoms with van der Waals surface area (Å²) in [6.07, 6.45) is 0. The highest BCUT2D eigenvalue weighted by Crippen LogP contribution is 2.24. The molecule has 2 aromatic carbocycles. The predicted octanol–water partition coefficient (Wildman–Crippen LogP) is 2.44. The Hall–Kier alpha value is -2.62. The molecule has 0 bridgehead atoms. The molecule has 96 valence electrons. The van der Waals surface area contributed by atoms with Gasteiger partial charge in [0.15, 0.2) is 5.75 Å². The summed E-state index contributed by atoms with van der Waals surface area (Å²) in [7, 11) is 0. The lowest BCUT2D eigenvalue weighted by molar-refractivity contribution is -0.115. The van der Waals surface area contributed by atoms with Gasteiger partial charge in [0.2, 0.25) is 11.3 Å². The van der Waals surface area contributed by atoms with Gasteiger partial charge in [-0.1, -0.05) is 18.2 Å². The van der Waals surface area contributed by atoms with Crippen LogP contribution in [0.1, 0.15) is 6.92 Å². The van der Waals surface area contributed by atoms with E-state index in [1.165, 1.54) is 36.1 Å². The zero-order valence-corrected chi connectivity index (χ0v) is 10.4. The molecule has 0 saturated heterocycles. The van der Waals surface area contributed by atoms with E-state index < -0.39 is 5.43 Å². The van der Waals surface area contributed by atoms with Crippen LogP contribution in [0.15, 0.2) is 59.4 Å². The molecule has 4 nitrogen and oxygen atoms in total. The fourth-order valence-electron chi connectivity index (χ4n) is 1.79. The van der Waals surface area contributed by atoms with Crippen LogP contribution >= 0.6 is 0 Å². The van der Waals surface area contributed by atoms with Crippen LogP contribution in [0.25, 0.3) is 0 Å². The molecule has 0 heterocycles. The van der Waals surface area contributed by atoms with Crippen LogP contribution in [-0.4, -0.2) is 11.0 Å². The zero-order chi connectivity index (χ0) is 13.8. The lowest BCUT2D eigenvalue weighted by atomic mass is 10.2. The standard InChI is InChI=1S/C15H13NO3/c1-11(17)16(12-5-3-2-4-6-12)13-7-9-14(18)15(19)10-8-13/h2-10H,1H3,(H,18,19). The number of para-hydroxylation sites is 1. The Kier molecular flexibility index (Phi) is 3.61. The molecule has 2 aromatic rings. The molecule has 1 amide bonds. The molecule has 0 aliphatic carbocycles. The molecule has 2 rings (SSSR count). The van der Waals surface area contributed by atoms with Crippen LogP contribution in [0.5, 0.6) is 5.75 Å². The van der Waals surface area contributed by atoms with Crippen LogP contribution < -0.4 is 10.3 Å². The largest absolute Gasteiger partial charge is 0.504 e. The first-order valence-electron chi connectivity index (χ1n) is 5.78. The molecule has 19 heavy (non-hydrogen) atoms. The monoisotopic (exact) mass is 255 g/mol. The third-order valence-electron chi connectivity index (χ3n) is 2.66. The lowest BCUT2D eigenvalue weighted by Gasteiger charge is -2.20. The van der Waals surface area contributed by atoms with E-state index in [0.717, 1.165) is 0 Å². The second kappa shape index (κ2) is 5.35. The molecular weight excluding hydrogens is 242 g/mol. The second-order valence-corrected chi connectivity index (χ2v) is 4.03. The summed E-state index contributed by atoms with van der Waals surface area (Å²) >= 11 is 0. The van der Waals surface area contributed by atoms with Gasteiger partial charge in [0.1, 0.15) is 0 Å².